The van der Waals surface area contributed by atoms with Gasteiger partial charge < -0.3 is 20.9 Å². The van der Waals surface area contributed by atoms with Gasteiger partial charge in [0.1, 0.15) is 12.4 Å². The fourth-order valence-electron chi connectivity index (χ4n) is 1.92. The second kappa shape index (κ2) is 6.49. The highest BCUT2D eigenvalue weighted by Gasteiger charge is 2.13. The molecule has 2 aromatic rings. The lowest BCUT2D eigenvalue weighted by molar-refractivity contribution is 0.0996. The van der Waals surface area contributed by atoms with Crippen molar-refractivity contribution in [1.82, 2.24) is 0 Å². The number of hydrogen-bond acceptors (Lipinski definition) is 4. The number of para-hydroxylation sites is 1. The van der Waals surface area contributed by atoms with Gasteiger partial charge in [-0.3, -0.25) is 4.79 Å². The van der Waals surface area contributed by atoms with Crippen molar-refractivity contribution in [1.29, 1.82) is 0 Å². The van der Waals surface area contributed by atoms with Gasteiger partial charge in [-0.1, -0.05) is 22.0 Å². The number of ether oxygens (including phenoxy) is 2. The highest BCUT2D eigenvalue weighted by molar-refractivity contribution is 9.10. The molecule has 0 aliphatic rings. The summed E-state index contributed by atoms with van der Waals surface area (Å²) in [6.45, 7) is 0.205. The molecule has 1 amide bonds. The molecule has 0 saturated heterocycles. The fraction of sp³-hybridized carbons (Fsp3) is 0.133. The first-order valence-corrected chi connectivity index (χ1v) is 6.95. The van der Waals surface area contributed by atoms with Crippen LogP contribution in [0.15, 0.2) is 40.9 Å². The smallest absolute Gasteiger partial charge is 0.252 e. The molecule has 0 aromatic heterocycles. The zero-order chi connectivity index (χ0) is 15.4. The number of hydrogen-bond donors (Lipinski definition) is 2. The van der Waals surface area contributed by atoms with Gasteiger partial charge in [0, 0.05) is 10.0 Å². The summed E-state index contributed by atoms with van der Waals surface area (Å²) in [5, 5.41) is 0. The third-order valence-electron chi connectivity index (χ3n) is 2.93. The van der Waals surface area contributed by atoms with E-state index in [-0.39, 0.29) is 17.9 Å². The van der Waals surface area contributed by atoms with Crippen LogP contribution in [0.1, 0.15) is 15.9 Å². The molecule has 0 unspecified atom stereocenters. The molecule has 0 heterocycles. The molecule has 0 bridgehead atoms. The van der Waals surface area contributed by atoms with Crippen LogP contribution >= 0.6 is 15.9 Å². The number of carbonyl (C=O) groups is 1. The molecule has 0 atom stereocenters. The monoisotopic (exact) mass is 350 g/mol. The van der Waals surface area contributed by atoms with Crippen LogP contribution in [-0.4, -0.2) is 13.0 Å². The SMILES string of the molecule is COc1ccc(Br)cc1COc1c(N)cccc1C(N)=O. The number of rotatable bonds is 5. The van der Waals surface area contributed by atoms with Crippen LogP contribution in [0.2, 0.25) is 0 Å². The second-order valence-electron chi connectivity index (χ2n) is 4.33. The Kier molecular flexibility index (Phi) is 4.70. The van der Waals surface area contributed by atoms with Crippen LogP contribution in [0.4, 0.5) is 5.69 Å². The van der Waals surface area contributed by atoms with E-state index in [1.165, 1.54) is 0 Å². The van der Waals surface area contributed by atoms with E-state index >= 15 is 0 Å². The number of halogens is 1. The quantitative estimate of drug-likeness (QED) is 0.811. The first-order valence-electron chi connectivity index (χ1n) is 6.16. The van der Waals surface area contributed by atoms with Crippen LogP contribution in [-0.2, 0) is 6.61 Å². The third kappa shape index (κ3) is 3.46. The minimum absolute atomic E-state index is 0.205. The number of amides is 1. The molecule has 5 nitrogen and oxygen atoms in total. The molecule has 110 valence electrons. The van der Waals surface area contributed by atoms with Crippen LogP contribution in [0.3, 0.4) is 0 Å². The zero-order valence-electron chi connectivity index (χ0n) is 11.4. The van der Waals surface area contributed by atoms with Crippen molar-refractivity contribution >= 4 is 27.5 Å². The van der Waals surface area contributed by atoms with E-state index in [0.29, 0.717) is 11.4 Å². The summed E-state index contributed by atoms with van der Waals surface area (Å²) >= 11 is 3.39. The fourth-order valence-corrected chi connectivity index (χ4v) is 2.33. The topological polar surface area (TPSA) is 87.6 Å². The first-order chi connectivity index (χ1) is 10.0. The summed E-state index contributed by atoms with van der Waals surface area (Å²) < 4.78 is 11.9. The highest BCUT2D eigenvalue weighted by atomic mass is 79.9. The molecule has 4 N–H and O–H groups in total. The Bertz CT molecular complexity index is 674. The van der Waals surface area contributed by atoms with Crippen LogP contribution in [0, 0.1) is 0 Å². The van der Waals surface area contributed by atoms with Gasteiger partial charge in [0.2, 0.25) is 0 Å². The third-order valence-corrected chi connectivity index (χ3v) is 3.42. The van der Waals surface area contributed by atoms with Crippen molar-refractivity contribution in [3.05, 3.63) is 52.0 Å². The molecule has 21 heavy (non-hydrogen) atoms. The standard InChI is InChI=1S/C15H15BrN2O3/c1-20-13-6-5-10(16)7-9(13)8-21-14-11(15(18)19)3-2-4-12(14)17/h2-7H,8,17H2,1H3,(H2,18,19). The summed E-state index contributed by atoms with van der Waals surface area (Å²) in [5.74, 6) is 0.388. The van der Waals surface area contributed by atoms with Crippen LogP contribution in [0.5, 0.6) is 11.5 Å². The predicted molar refractivity (Wildman–Crippen MR) is 84.4 cm³/mol. The molecular weight excluding hydrogens is 336 g/mol. The van der Waals surface area contributed by atoms with Gasteiger partial charge in [0.15, 0.2) is 5.75 Å². The Hall–Kier alpha value is -2.21. The van der Waals surface area contributed by atoms with E-state index < -0.39 is 5.91 Å². The molecule has 0 radical (unpaired) electrons. The van der Waals surface area contributed by atoms with Crippen molar-refractivity contribution in [2.45, 2.75) is 6.61 Å². The number of primary amides is 1. The molecule has 0 aliphatic carbocycles. The molecule has 0 saturated carbocycles. The van der Waals surface area contributed by atoms with Gasteiger partial charge in [-0.05, 0) is 30.3 Å². The highest BCUT2D eigenvalue weighted by Crippen LogP contribution is 2.29. The molecule has 2 aromatic carbocycles. The Morgan fingerprint density at radius 1 is 1.29 bits per heavy atom. The number of methoxy groups -OCH3 is 1. The van der Waals surface area contributed by atoms with E-state index in [0.717, 1.165) is 10.0 Å². The number of benzene rings is 2. The predicted octanol–water partition coefficient (Wildman–Crippen LogP) is 2.72. The average molecular weight is 351 g/mol. The van der Waals surface area contributed by atoms with E-state index in [9.17, 15) is 4.79 Å². The molecular formula is C15H15BrN2O3. The molecule has 0 aliphatic heterocycles. The summed E-state index contributed by atoms with van der Waals surface area (Å²) in [6.07, 6.45) is 0. The Balaban J connectivity index is 2.28. The van der Waals surface area contributed by atoms with E-state index in [1.54, 1.807) is 25.3 Å². The van der Waals surface area contributed by atoms with Crippen molar-refractivity contribution in [3.63, 3.8) is 0 Å². The lowest BCUT2D eigenvalue weighted by atomic mass is 10.1. The summed E-state index contributed by atoms with van der Waals surface area (Å²) in [6, 6.07) is 10.5. The summed E-state index contributed by atoms with van der Waals surface area (Å²) in [5.41, 5.74) is 12.6. The van der Waals surface area contributed by atoms with Crippen molar-refractivity contribution in [2.75, 3.05) is 12.8 Å². The molecule has 0 spiro atoms. The van der Waals surface area contributed by atoms with Gasteiger partial charge >= 0.3 is 0 Å². The zero-order valence-corrected chi connectivity index (χ0v) is 13.0. The first kappa shape index (κ1) is 15.2. The maximum atomic E-state index is 11.4. The number of carbonyl (C=O) groups excluding carboxylic acids is 1. The van der Waals surface area contributed by atoms with Gasteiger partial charge in [0.25, 0.3) is 5.91 Å². The maximum absolute atomic E-state index is 11.4. The van der Waals surface area contributed by atoms with Crippen molar-refractivity contribution in [3.8, 4) is 11.5 Å². The minimum Gasteiger partial charge on any atom is -0.496 e. The van der Waals surface area contributed by atoms with Gasteiger partial charge in [-0.2, -0.15) is 0 Å². The lowest BCUT2D eigenvalue weighted by Gasteiger charge is -2.14. The Morgan fingerprint density at radius 2 is 2.05 bits per heavy atom. The number of nitrogens with two attached hydrogens (primary N) is 2. The summed E-state index contributed by atoms with van der Waals surface area (Å²) in [7, 11) is 1.58. The van der Waals surface area contributed by atoms with Crippen LogP contribution in [0.25, 0.3) is 0 Å². The maximum Gasteiger partial charge on any atom is 0.252 e. The van der Waals surface area contributed by atoms with Gasteiger partial charge in [0.05, 0.1) is 18.4 Å². The van der Waals surface area contributed by atoms with E-state index in [2.05, 4.69) is 15.9 Å². The van der Waals surface area contributed by atoms with Crippen LogP contribution < -0.4 is 20.9 Å². The Labute approximate surface area is 131 Å². The summed E-state index contributed by atoms with van der Waals surface area (Å²) in [4.78, 5) is 11.4. The van der Waals surface area contributed by atoms with Crippen molar-refractivity contribution < 1.29 is 14.3 Å². The van der Waals surface area contributed by atoms with Gasteiger partial charge in [-0.15, -0.1) is 0 Å². The van der Waals surface area contributed by atoms with Crippen molar-refractivity contribution in [2.24, 2.45) is 5.73 Å². The minimum atomic E-state index is -0.585. The largest absolute Gasteiger partial charge is 0.496 e. The molecule has 6 heteroatoms. The van der Waals surface area contributed by atoms with Gasteiger partial charge in [-0.25, -0.2) is 0 Å². The van der Waals surface area contributed by atoms with E-state index in [4.69, 9.17) is 20.9 Å². The average Bonchev–Trinajstić information content (AvgIpc) is 2.45. The number of nitrogen functional groups attached to an aromatic ring is 1. The van der Waals surface area contributed by atoms with E-state index in [1.807, 2.05) is 18.2 Å². The second-order valence-corrected chi connectivity index (χ2v) is 5.25. The molecule has 0 fully saturated rings. The number of anilines is 1. The molecule has 2 rings (SSSR count). The Morgan fingerprint density at radius 3 is 2.71 bits per heavy atom. The lowest BCUT2D eigenvalue weighted by Crippen LogP contribution is -2.14. The normalized spacial score (nSPS) is 10.2.